The minimum Gasteiger partial charge on any atom is -0.368 e. The molecule has 8 atom stereocenters. The molecule has 0 spiro atoms. The number of aliphatic hydroxyl groups is 1. The standard InChI is InChI=1S/C13H19IO3/c1-2-3-4-13-9-7-5-6(8(9)12(15)17-13)10(14)11(7)16-13/h6-12,15H,2-5H2,1H3/t6-,7+,8-,9+,10-,11-,12-,13-/m0/s1. The van der Waals surface area contributed by atoms with E-state index in [9.17, 15) is 5.11 Å². The van der Waals surface area contributed by atoms with Gasteiger partial charge in [0.15, 0.2) is 12.1 Å². The van der Waals surface area contributed by atoms with E-state index in [2.05, 4.69) is 29.5 Å². The zero-order valence-corrected chi connectivity index (χ0v) is 12.2. The van der Waals surface area contributed by atoms with Crippen LogP contribution in [0.25, 0.3) is 0 Å². The van der Waals surface area contributed by atoms with Crippen LogP contribution in [0.4, 0.5) is 0 Å². The number of hydrogen-bond donors (Lipinski definition) is 1. The third-order valence-electron chi connectivity index (χ3n) is 5.43. The molecule has 0 aromatic heterocycles. The van der Waals surface area contributed by atoms with Crippen LogP contribution in [-0.4, -0.2) is 27.2 Å². The monoisotopic (exact) mass is 350 g/mol. The van der Waals surface area contributed by atoms with Gasteiger partial charge in [-0.05, 0) is 24.7 Å². The van der Waals surface area contributed by atoms with Crippen molar-refractivity contribution in [1.29, 1.82) is 0 Å². The molecule has 4 fully saturated rings. The van der Waals surface area contributed by atoms with E-state index in [-0.39, 0.29) is 0 Å². The van der Waals surface area contributed by atoms with Crippen LogP contribution in [0.15, 0.2) is 0 Å². The molecule has 0 unspecified atom stereocenters. The van der Waals surface area contributed by atoms with Crippen molar-refractivity contribution in [2.75, 3.05) is 0 Å². The summed E-state index contributed by atoms with van der Waals surface area (Å²) in [5.74, 6) is 1.67. The van der Waals surface area contributed by atoms with Gasteiger partial charge in [0.2, 0.25) is 0 Å². The average Bonchev–Trinajstić information content (AvgIpc) is 2.94. The molecule has 96 valence electrons. The Morgan fingerprint density at radius 2 is 2.18 bits per heavy atom. The minimum absolute atomic E-state index is 0.345. The van der Waals surface area contributed by atoms with Gasteiger partial charge in [0.25, 0.3) is 0 Å². The number of halogens is 1. The quantitative estimate of drug-likeness (QED) is 0.627. The average molecular weight is 350 g/mol. The van der Waals surface area contributed by atoms with Crippen molar-refractivity contribution in [3.63, 3.8) is 0 Å². The lowest BCUT2D eigenvalue weighted by Gasteiger charge is -2.30. The molecule has 2 aliphatic heterocycles. The summed E-state index contributed by atoms with van der Waals surface area (Å²) in [5.41, 5.74) is 0. The van der Waals surface area contributed by atoms with E-state index in [0.29, 0.717) is 33.7 Å². The third-order valence-corrected chi connectivity index (χ3v) is 7.06. The van der Waals surface area contributed by atoms with Crippen LogP contribution >= 0.6 is 22.6 Å². The van der Waals surface area contributed by atoms with Gasteiger partial charge < -0.3 is 14.6 Å². The molecule has 3 nitrogen and oxygen atoms in total. The van der Waals surface area contributed by atoms with Crippen LogP contribution in [0.3, 0.4) is 0 Å². The zero-order valence-electron chi connectivity index (χ0n) is 10.0. The second kappa shape index (κ2) is 3.58. The molecule has 2 heterocycles. The lowest BCUT2D eigenvalue weighted by Crippen LogP contribution is -2.38. The van der Waals surface area contributed by atoms with Gasteiger partial charge >= 0.3 is 0 Å². The lowest BCUT2D eigenvalue weighted by molar-refractivity contribution is -0.273. The van der Waals surface area contributed by atoms with Crippen LogP contribution in [-0.2, 0) is 9.47 Å². The molecule has 4 aliphatic rings. The van der Waals surface area contributed by atoms with Crippen LogP contribution in [0, 0.1) is 23.7 Å². The van der Waals surface area contributed by atoms with Gasteiger partial charge in [-0.3, -0.25) is 0 Å². The minimum atomic E-state index is -0.578. The first-order valence-corrected chi connectivity index (χ1v) is 8.10. The normalized spacial score (nSPS) is 62.6. The summed E-state index contributed by atoms with van der Waals surface area (Å²) in [5, 5.41) is 10.2. The highest BCUT2D eigenvalue weighted by atomic mass is 127. The number of rotatable bonds is 3. The van der Waals surface area contributed by atoms with Crippen molar-refractivity contribution in [3.05, 3.63) is 0 Å². The van der Waals surface area contributed by atoms with Crippen molar-refractivity contribution >= 4 is 22.6 Å². The Morgan fingerprint density at radius 3 is 2.94 bits per heavy atom. The number of hydrogen-bond acceptors (Lipinski definition) is 3. The first kappa shape index (κ1) is 11.4. The number of fused-ring (bicyclic) bond motifs is 2. The summed E-state index contributed by atoms with van der Waals surface area (Å²) in [7, 11) is 0. The van der Waals surface area contributed by atoms with E-state index in [0.717, 1.165) is 19.3 Å². The molecular formula is C13H19IO3. The Hall–Kier alpha value is 0.610. The van der Waals surface area contributed by atoms with Gasteiger partial charge in [-0.1, -0.05) is 35.9 Å². The van der Waals surface area contributed by atoms with E-state index in [4.69, 9.17) is 9.47 Å². The molecule has 1 N–H and O–H groups in total. The first-order valence-electron chi connectivity index (χ1n) is 6.86. The summed E-state index contributed by atoms with van der Waals surface area (Å²) in [6.07, 6.45) is 4.32. The largest absolute Gasteiger partial charge is 0.368 e. The molecule has 17 heavy (non-hydrogen) atoms. The summed E-state index contributed by atoms with van der Waals surface area (Å²) < 4.78 is 12.8. The smallest absolute Gasteiger partial charge is 0.175 e. The Balaban J connectivity index is 1.71. The summed E-state index contributed by atoms with van der Waals surface area (Å²) in [6.45, 7) is 2.20. The summed E-state index contributed by atoms with van der Waals surface area (Å²) >= 11 is 2.53. The van der Waals surface area contributed by atoms with E-state index in [1.165, 1.54) is 6.42 Å². The van der Waals surface area contributed by atoms with Gasteiger partial charge in [-0.25, -0.2) is 0 Å². The third kappa shape index (κ3) is 1.23. The number of aliphatic hydroxyl groups excluding tert-OH is 1. The highest BCUT2D eigenvalue weighted by molar-refractivity contribution is 14.1. The molecule has 4 heteroatoms. The van der Waals surface area contributed by atoms with E-state index in [1.54, 1.807) is 0 Å². The maximum atomic E-state index is 10.2. The van der Waals surface area contributed by atoms with Crippen molar-refractivity contribution < 1.29 is 14.6 Å². The molecule has 2 saturated heterocycles. The predicted molar refractivity (Wildman–Crippen MR) is 70.6 cm³/mol. The van der Waals surface area contributed by atoms with Crippen molar-refractivity contribution in [1.82, 2.24) is 0 Å². The molecule has 0 amide bonds. The molecule has 4 rings (SSSR count). The lowest BCUT2D eigenvalue weighted by atomic mass is 9.77. The molecule has 2 saturated carbocycles. The molecule has 2 aliphatic carbocycles. The van der Waals surface area contributed by atoms with Crippen molar-refractivity contribution in [2.45, 2.75) is 54.7 Å². The van der Waals surface area contributed by atoms with Crippen LogP contribution in [0.2, 0.25) is 0 Å². The zero-order chi connectivity index (χ0) is 11.8. The summed E-state index contributed by atoms with van der Waals surface area (Å²) in [6, 6.07) is 0. The van der Waals surface area contributed by atoms with Crippen molar-refractivity contribution in [3.8, 4) is 0 Å². The predicted octanol–water partition coefficient (Wildman–Crippen LogP) is 2.31. The topological polar surface area (TPSA) is 38.7 Å². The van der Waals surface area contributed by atoms with E-state index in [1.807, 2.05) is 0 Å². The number of ether oxygens (including phenoxy) is 2. The van der Waals surface area contributed by atoms with Gasteiger partial charge in [0.05, 0.1) is 6.10 Å². The SMILES string of the molecule is CCCC[C@@]12O[C@@H]3[C@@H](I)[C@H]4C[C@@H]3[C@@H]1[C@H]4[C@@H](O)O2. The first-order chi connectivity index (χ1) is 8.18. The fourth-order valence-electron chi connectivity index (χ4n) is 4.90. The number of alkyl halides is 1. The van der Waals surface area contributed by atoms with Crippen LogP contribution in [0.1, 0.15) is 32.6 Å². The Labute approximate surface area is 115 Å². The highest BCUT2D eigenvalue weighted by Crippen LogP contribution is 2.70. The second-order valence-corrected chi connectivity index (χ2v) is 7.56. The molecule has 0 aromatic carbocycles. The fraction of sp³-hybridized carbons (Fsp3) is 1.00. The van der Waals surface area contributed by atoms with Gasteiger partial charge in [-0.2, -0.15) is 0 Å². The fourth-order valence-corrected chi connectivity index (χ4v) is 6.35. The van der Waals surface area contributed by atoms with E-state index < -0.39 is 12.1 Å². The molecular weight excluding hydrogens is 331 g/mol. The second-order valence-electron chi connectivity index (χ2n) is 6.12. The summed E-state index contributed by atoms with van der Waals surface area (Å²) in [4.78, 5) is 0. The maximum absolute atomic E-state index is 10.2. The van der Waals surface area contributed by atoms with Gasteiger partial charge in [0.1, 0.15) is 0 Å². The van der Waals surface area contributed by atoms with E-state index >= 15 is 0 Å². The van der Waals surface area contributed by atoms with Crippen LogP contribution < -0.4 is 0 Å². The van der Waals surface area contributed by atoms with Gasteiger partial charge in [0, 0.05) is 22.2 Å². The van der Waals surface area contributed by atoms with Gasteiger partial charge in [-0.15, -0.1) is 0 Å². The Kier molecular flexibility index (Phi) is 2.41. The van der Waals surface area contributed by atoms with Crippen molar-refractivity contribution in [2.24, 2.45) is 23.7 Å². The Bertz CT molecular complexity index is 350. The Morgan fingerprint density at radius 1 is 1.35 bits per heavy atom. The highest BCUT2D eigenvalue weighted by Gasteiger charge is 2.75. The molecule has 0 radical (unpaired) electrons. The molecule has 2 bridgehead atoms. The molecule has 0 aromatic rings. The number of unbranched alkanes of at least 4 members (excludes halogenated alkanes) is 1. The maximum Gasteiger partial charge on any atom is 0.175 e. The van der Waals surface area contributed by atoms with Crippen LogP contribution in [0.5, 0.6) is 0 Å².